The maximum atomic E-state index is 8.16. The molecule has 110 valence electrons. The van der Waals surface area contributed by atoms with Crippen molar-refractivity contribution in [1.29, 1.82) is 0 Å². The fraction of sp³-hybridized carbons (Fsp3) is 0. The lowest BCUT2D eigenvalue weighted by Gasteiger charge is -2.07. The number of halogens is 1. The average Bonchev–Trinajstić information content (AvgIpc) is 2.71. The third-order valence-electron chi connectivity index (χ3n) is 3.46. The van der Waals surface area contributed by atoms with Gasteiger partial charge in [-0.3, -0.25) is 0 Å². The van der Waals surface area contributed by atoms with Crippen molar-refractivity contribution in [2.75, 3.05) is 0 Å². The summed E-state index contributed by atoms with van der Waals surface area (Å²) in [4.78, 5) is 8.99. The van der Waals surface area contributed by atoms with Crippen molar-refractivity contribution in [1.82, 2.24) is 9.97 Å². The van der Waals surface area contributed by atoms with Crippen molar-refractivity contribution in [3.8, 4) is 22.4 Å². The summed E-state index contributed by atoms with van der Waals surface area (Å²) in [6.07, 6.45) is 0. The molecule has 0 unspecified atom stereocenters. The zero-order chi connectivity index (χ0) is 20.0. The molecule has 0 saturated carbocycles. The van der Waals surface area contributed by atoms with Gasteiger partial charge >= 0.3 is 0 Å². The lowest BCUT2D eigenvalue weighted by Crippen LogP contribution is -1.92. The van der Waals surface area contributed by atoms with Gasteiger partial charge in [-0.2, -0.15) is 0 Å². The molecule has 4 rings (SSSR count). The zero-order valence-corrected chi connectivity index (χ0v) is 12.6. The van der Waals surface area contributed by atoms with Gasteiger partial charge < -0.3 is 0 Å². The molecule has 1 aromatic heterocycles. The predicted molar refractivity (Wildman–Crippen MR) is 95.4 cm³/mol. The molecule has 0 aliphatic rings. The molecule has 3 aromatic carbocycles. The van der Waals surface area contributed by atoms with Crippen LogP contribution in [0, 0.1) is 0 Å². The molecule has 0 radical (unpaired) electrons. The van der Waals surface area contributed by atoms with Crippen molar-refractivity contribution >= 4 is 22.6 Å². The van der Waals surface area contributed by atoms with E-state index < -0.39 is 6.04 Å². The molecule has 23 heavy (non-hydrogen) atoms. The molecule has 4 aromatic rings. The first-order chi connectivity index (χ1) is 13.4. The summed E-state index contributed by atoms with van der Waals surface area (Å²) in [5.41, 5.74) is 3.02. The van der Waals surface area contributed by atoms with Crippen LogP contribution in [0.5, 0.6) is 0 Å². The zero-order valence-electron chi connectivity index (χ0n) is 16.9. The fourth-order valence-electron chi connectivity index (χ4n) is 2.36. The second-order valence-electron chi connectivity index (χ2n) is 4.93. The third kappa shape index (κ3) is 2.69. The lowest BCUT2D eigenvalue weighted by molar-refractivity contribution is 1.29. The van der Waals surface area contributed by atoms with Crippen molar-refractivity contribution in [3.05, 3.63) is 83.9 Å². The number of hydrogen-bond acceptors (Lipinski definition) is 2. The van der Waals surface area contributed by atoms with E-state index in [-0.39, 0.29) is 34.9 Å². The largest absolute Gasteiger partial charge is 0.243 e. The number of nitrogens with zero attached hydrogens (tertiary/aromatic N) is 2. The smallest absolute Gasteiger partial charge is 0.156 e. The molecule has 3 heteroatoms. The molecule has 0 amide bonds. The normalized spacial score (nSPS) is 13.9. The van der Waals surface area contributed by atoms with Crippen LogP contribution in [-0.2, 0) is 0 Å². The van der Waals surface area contributed by atoms with E-state index in [1.807, 2.05) is 30.3 Å². The Morgan fingerprint density at radius 1 is 0.739 bits per heavy atom. The van der Waals surface area contributed by atoms with Gasteiger partial charge in [-0.1, -0.05) is 78.2 Å². The molecule has 1 heterocycles. The first-order valence-electron chi connectivity index (χ1n) is 9.48. The Balaban J connectivity index is 1.95. The van der Waals surface area contributed by atoms with Crippen LogP contribution in [0.2, 0.25) is 5.15 Å². The van der Waals surface area contributed by atoms with E-state index in [1.54, 1.807) is 18.2 Å². The number of hydrogen-bond donors (Lipinski definition) is 0. The second kappa shape index (κ2) is 5.82. The van der Waals surface area contributed by atoms with E-state index in [9.17, 15) is 0 Å². The average molecular weight is 322 g/mol. The molecule has 0 saturated heterocycles. The van der Waals surface area contributed by atoms with E-state index in [0.717, 1.165) is 5.56 Å². The maximum Gasteiger partial charge on any atom is 0.156 e. The van der Waals surface area contributed by atoms with Crippen LogP contribution in [0.1, 0.15) is 6.85 Å². The van der Waals surface area contributed by atoms with E-state index in [4.69, 9.17) is 18.5 Å². The summed E-state index contributed by atoms with van der Waals surface area (Å²) >= 11 is 6.30. The Hall–Kier alpha value is -2.71. The molecule has 0 fully saturated rings. The van der Waals surface area contributed by atoms with Crippen molar-refractivity contribution in [2.24, 2.45) is 0 Å². The van der Waals surface area contributed by atoms with Crippen LogP contribution in [-0.4, -0.2) is 9.97 Å². The predicted octanol–water partition coefficient (Wildman–Crippen LogP) is 5.62. The number of fused-ring (bicyclic) bond motifs is 1. The van der Waals surface area contributed by atoms with Gasteiger partial charge in [0, 0.05) is 5.56 Å². The Labute approximate surface area is 146 Å². The molecular weight excluding hydrogens is 304 g/mol. The molecule has 0 aliphatic carbocycles. The van der Waals surface area contributed by atoms with Crippen molar-refractivity contribution < 1.29 is 6.85 Å². The molecule has 2 nitrogen and oxygen atoms in total. The summed E-state index contributed by atoms with van der Waals surface area (Å²) in [6.45, 7) is 0. The van der Waals surface area contributed by atoms with Crippen LogP contribution < -0.4 is 0 Å². The number of aromatic nitrogens is 2. The van der Waals surface area contributed by atoms with Gasteiger partial charge in [-0.05, 0) is 23.3 Å². The van der Waals surface area contributed by atoms with E-state index >= 15 is 0 Å². The van der Waals surface area contributed by atoms with E-state index in [1.165, 1.54) is 0 Å². The quantitative estimate of drug-likeness (QED) is 0.479. The van der Waals surface area contributed by atoms with Crippen LogP contribution in [0.15, 0.2) is 78.7 Å². The van der Waals surface area contributed by atoms with Gasteiger partial charge in [0.1, 0.15) is 5.69 Å². The van der Waals surface area contributed by atoms with Crippen molar-refractivity contribution in [2.45, 2.75) is 0 Å². The summed E-state index contributed by atoms with van der Waals surface area (Å²) < 4.78 is 39.8. The minimum absolute atomic E-state index is 0.130. The lowest BCUT2D eigenvalue weighted by atomic mass is 10.0. The molecule has 0 spiro atoms. The Morgan fingerprint density at radius 3 is 2.30 bits per heavy atom. The molecule has 0 atom stereocenters. The highest BCUT2D eigenvalue weighted by atomic mass is 35.5. The topological polar surface area (TPSA) is 25.8 Å². The van der Waals surface area contributed by atoms with Gasteiger partial charge in [-0.25, -0.2) is 9.97 Å². The highest BCUT2D eigenvalue weighted by Gasteiger charge is 2.10. The second-order valence-corrected chi connectivity index (χ2v) is 5.29. The molecule has 0 aliphatic heterocycles. The monoisotopic (exact) mass is 321 g/mol. The SMILES string of the molecule is [2H]c1c([2H])c([2H])c(-c2ccc3nc(Cl)c(-c4ccccc4)nc3c2)c([2H])c1[2H]. The Morgan fingerprint density at radius 2 is 1.52 bits per heavy atom. The highest BCUT2D eigenvalue weighted by molar-refractivity contribution is 6.32. The van der Waals surface area contributed by atoms with Gasteiger partial charge in [0.15, 0.2) is 5.15 Å². The molecule has 0 bridgehead atoms. The van der Waals surface area contributed by atoms with Gasteiger partial charge in [-0.15, -0.1) is 0 Å². The number of rotatable bonds is 2. The van der Waals surface area contributed by atoms with Gasteiger partial charge in [0.25, 0.3) is 0 Å². The minimum atomic E-state index is -0.419. The minimum Gasteiger partial charge on any atom is -0.243 e. The third-order valence-corrected chi connectivity index (χ3v) is 3.72. The first kappa shape index (κ1) is 9.43. The van der Waals surface area contributed by atoms with Crippen molar-refractivity contribution in [3.63, 3.8) is 0 Å². The van der Waals surface area contributed by atoms with Crippen LogP contribution in [0.4, 0.5) is 0 Å². The summed E-state index contributed by atoms with van der Waals surface area (Å²) in [5.74, 6) is 0. The Bertz CT molecular complexity index is 1200. The van der Waals surface area contributed by atoms with Gasteiger partial charge in [0.05, 0.1) is 17.9 Å². The maximum absolute atomic E-state index is 8.16. The Kier molecular flexibility index (Phi) is 2.39. The standard InChI is InChI=1S/C20H13ClN2/c21-20-19(15-9-5-2-6-10-15)22-18-13-16(11-12-17(18)23-20)14-7-3-1-4-8-14/h1-13H/i1D,3D,4D,7D,8D. The van der Waals surface area contributed by atoms with Crippen LogP contribution in [0.25, 0.3) is 33.4 Å². The van der Waals surface area contributed by atoms with E-state index in [2.05, 4.69) is 9.97 Å². The van der Waals surface area contributed by atoms with Crippen LogP contribution >= 0.6 is 11.6 Å². The fourth-order valence-corrected chi connectivity index (χ4v) is 2.60. The summed E-state index contributed by atoms with van der Waals surface area (Å²) in [5, 5.41) is 0.272. The van der Waals surface area contributed by atoms with E-state index in [0.29, 0.717) is 22.3 Å². The first-order valence-corrected chi connectivity index (χ1v) is 7.36. The highest BCUT2D eigenvalue weighted by Crippen LogP contribution is 2.29. The molecule has 0 N–H and O–H groups in total. The summed E-state index contributed by atoms with van der Waals surface area (Å²) in [7, 11) is 0. The molecular formula is C20H13ClN2. The van der Waals surface area contributed by atoms with Crippen LogP contribution in [0.3, 0.4) is 0 Å². The number of benzene rings is 3. The summed E-state index contributed by atoms with van der Waals surface area (Å²) in [6, 6.07) is 12.7. The van der Waals surface area contributed by atoms with Gasteiger partial charge in [0.2, 0.25) is 0 Å².